The van der Waals surface area contributed by atoms with Gasteiger partial charge in [-0.2, -0.15) is 8.42 Å². The second-order valence-electron chi connectivity index (χ2n) is 8.26. The minimum Gasteiger partial charge on any atom is -0.496 e. The van der Waals surface area contributed by atoms with Gasteiger partial charge in [0.05, 0.1) is 7.11 Å². The highest BCUT2D eigenvalue weighted by molar-refractivity contribution is 7.86. The van der Waals surface area contributed by atoms with E-state index in [2.05, 4.69) is 6.92 Å². The Morgan fingerprint density at radius 1 is 0.800 bits per heavy atom. The molecule has 0 heterocycles. The molecule has 0 spiro atoms. The summed E-state index contributed by atoms with van der Waals surface area (Å²) in [7, 11) is -2.69. The Labute approximate surface area is 182 Å². The Kier molecular flexibility index (Phi) is 10.7. The van der Waals surface area contributed by atoms with Crippen molar-refractivity contribution >= 4 is 20.9 Å². The molecule has 2 aromatic carbocycles. The number of fused-ring (bicyclic) bond motifs is 1. The molecule has 0 aliphatic carbocycles. The van der Waals surface area contributed by atoms with Crippen LogP contribution in [-0.2, 0) is 16.5 Å². The number of hydrogen-bond acceptors (Lipinski definition) is 3. The highest BCUT2D eigenvalue weighted by Crippen LogP contribution is 2.32. The molecule has 2 aromatic rings. The van der Waals surface area contributed by atoms with Crippen molar-refractivity contribution in [1.29, 1.82) is 0 Å². The highest BCUT2D eigenvalue weighted by Gasteiger charge is 2.16. The smallest absolute Gasteiger partial charge is 0.295 e. The van der Waals surface area contributed by atoms with Crippen LogP contribution in [0.5, 0.6) is 5.75 Å². The minimum atomic E-state index is -4.27. The topological polar surface area (TPSA) is 63.6 Å². The molecular formula is C25H38O4S. The van der Waals surface area contributed by atoms with Crippen LogP contribution in [0.4, 0.5) is 0 Å². The van der Waals surface area contributed by atoms with Gasteiger partial charge in [0.15, 0.2) is 0 Å². The molecular weight excluding hydrogens is 396 g/mol. The van der Waals surface area contributed by atoms with Crippen molar-refractivity contribution in [2.24, 2.45) is 0 Å². The first kappa shape index (κ1) is 24.7. The molecule has 0 fully saturated rings. The van der Waals surface area contributed by atoms with E-state index in [-0.39, 0.29) is 4.90 Å². The minimum absolute atomic E-state index is 0.0603. The Morgan fingerprint density at radius 2 is 1.37 bits per heavy atom. The molecule has 0 aliphatic heterocycles. The monoisotopic (exact) mass is 434 g/mol. The van der Waals surface area contributed by atoms with E-state index >= 15 is 0 Å². The van der Waals surface area contributed by atoms with Crippen LogP contribution in [0, 0.1) is 0 Å². The van der Waals surface area contributed by atoms with E-state index in [9.17, 15) is 13.0 Å². The van der Waals surface area contributed by atoms with Gasteiger partial charge in [-0.25, -0.2) is 0 Å². The van der Waals surface area contributed by atoms with Crippen molar-refractivity contribution < 1.29 is 17.7 Å². The van der Waals surface area contributed by atoms with E-state index in [1.165, 1.54) is 76.7 Å². The Balaban J connectivity index is 1.79. The van der Waals surface area contributed by atoms with E-state index in [4.69, 9.17) is 4.74 Å². The summed E-state index contributed by atoms with van der Waals surface area (Å²) >= 11 is 0. The fourth-order valence-electron chi connectivity index (χ4n) is 4.09. The van der Waals surface area contributed by atoms with Crippen LogP contribution in [-0.4, -0.2) is 20.1 Å². The van der Waals surface area contributed by atoms with E-state index in [1.54, 1.807) is 13.2 Å². The van der Waals surface area contributed by atoms with Gasteiger partial charge in [0.1, 0.15) is 10.6 Å². The summed E-state index contributed by atoms with van der Waals surface area (Å²) < 4.78 is 38.5. The number of aryl methyl sites for hydroxylation is 1. The highest BCUT2D eigenvalue weighted by atomic mass is 32.2. The summed E-state index contributed by atoms with van der Waals surface area (Å²) in [5.74, 6) is 0.645. The van der Waals surface area contributed by atoms with Crippen LogP contribution in [0.25, 0.3) is 10.8 Å². The van der Waals surface area contributed by atoms with Crippen LogP contribution < -0.4 is 4.74 Å². The van der Waals surface area contributed by atoms with Crippen molar-refractivity contribution in [3.8, 4) is 5.75 Å². The average Bonchev–Trinajstić information content (AvgIpc) is 2.72. The molecule has 0 unspecified atom stereocenters. The maximum atomic E-state index is 11.7. The quantitative estimate of drug-likeness (QED) is 0.235. The number of rotatable bonds is 15. The lowest BCUT2D eigenvalue weighted by Crippen LogP contribution is -2.00. The molecule has 30 heavy (non-hydrogen) atoms. The molecule has 2 rings (SSSR count). The Bertz CT molecular complexity index is 874. The zero-order valence-electron chi connectivity index (χ0n) is 18.7. The molecule has 0 bridgehead atoms. The van der Waals surface area contributed by atoms with Crippen molar-refractivity contribution in [1.82, 2.24) is 0 Å². The molecule has 0 aliphatic rings. The Hall–Kier alpha value is -1.59. The van der Waals surface area contributed by atoms with E-state index in [1.807, 2.05) is 18.2 Å². The zero-order chi connectivity index (χ0) is 21.8. The third-order valence-corrected chi connectivity index (χ3v) is 6.71. The predicted octanol–water partition coefficient (Wildman–Crippen LogP) is 7.34. The van der Waals surface area contributed by atoms with Gasteiger partial charge in [-0.3, -0.25) is 4.55 Å². The lowest BCUT2D eigenvalue weighted by atomic mass is 10.0. The van der Waals surface area contributed by atoms with Crippen molar-refractivity contribution in [2.45, 2.75) is 95.3 Å². The first-order valence-corrected chi connectivity index (χ1v) is 13.0. The number of ether oxygens (including phenoxy) is 1. The van der Waals surface area contributed by atoms with E-state index in [0.717, 1.165) is 18.4 Å². The van der Waals surface area contributed by atoms with E-state index in [0.29, 0.717) is 16.5 Å². The summed E-state index contributed by atoms with van der Waals surface area (Å²) in [5, 5.41) is 1.22. The first-order valence-electron chi connectivity index (χ1n) is 11.5. The fourth-order valence-corrected chi connectivity index (χ4v) is 4.79. The van der Waals surface area contributed by atoms with Crippen LogP contribution in [0.2, 0.25) is 0 Å². The summed E-state index contributed by atoms with van der Waals surface area (Å²) in [5.41, 5.74) is 1.04. The SMILES string of the molecule is CCCCCCCCCCCCCCc1cc(OC)c2cccc(S(=O)(=O)O)c2c1. The summed E-state index contributed by atoms with van der Waals surface area (Å²) in [6.45, 7) is 2.26. The van der Waals surface area contributed by atoms with Gasteiger partial charge in [0, 0.05) is 10.8 Å². The molecule has 0 amide bonds. The number of hydrogen-bond donors (Lipinski definition) is 1. The molecule has 0 aromatic heterocycles. The molecule has 0 atom stereocenters. The largest absolute Gasteiger partial charge is 0.496 e. The van der Waals surface area contributed by atoms with Crippen LogP contribution in [0.15, 0.2) is 35.2 Å². The summed E-state index contributed by atoms with van der Waals surface area (Å²) in [6, 6.07) is 8.73. The van der Waals surface area contributed by atoms with Gasteiger partial charge >= 0.3 is 0 Å². The summed E-state index contributed by atoms with van der Waals surface area (Å²) in [6.07, 6.45) is 16.6. The second kappa shape index (κ2) is 13.0. The third-order valence-electron chi connectivity index (χ3n) is 5.79. The van der Waals surface area contributed by atoms with Gasteiger partial charge in [-0.15, -0.1) is 0 Å². The van der Waals surface area contributed by atoms with Crippen molar-refractivity contribution in [3.05, 3.63) is 35.9 Å². The molecule has 1 N–H and O–H groups in total. The normalized spacial score (nSPS) is 11.8. The van der Waals surface area contributed by atoms with Crippen molar-refractivity contribution in [3.63, 3.8) is 0 Å². The van der Waals surface area contributed by atoms with Crippen LogP contribution in [0.3, 0.4) is 0 Å². The van der Waals surface area contributed by atoms with E-state index < -0.39 is 10.1 Å². The molecule has 0 radical (unpaired) electrons. The number of methoxy groups -OCH3 is 1. The predicted molar refractivity (Wildman–Crippen MR) is 125 cm³/mol. The number of unbranched alkanes of at least 4 members (excludes halogenated alkanes) is 11. The van der Waals surface area contributed by atoms with Gasteiger partial charge in [-0.05, 0) is 36.6 Å². The lowest BCUT2D eigenvalue weighted by molar-refractivity contribution is 0.419. The van der Waals surface area contributed by atoms with Crippen molar-refractivity contribution in [2.75, 3.05) is 7.11 Å². The van der Waals surface area contributed by atoms with Gasteiger partial charge in [-0.1, -0.05) is 89.7 Å². The third kappa shape index (κ3) is 7.92. The van der Waals surface area contributed by atoms with Gasteiger partial charge in [0.2, 0.25) is 0 Å². The molecule has 0 saturated heterocycles. The standard InChI is InChI=1S/C25H38O4S/c1-3-4-5-6-7-8-9-10-11-12-13-14-16-21-19-23-22(24(20-21)29-2)17-15-18-25(23)30(26,27)28/h15,17-20H,3-14,16H2,1-2H3,(H,26,27,28). The van der Waals surface area contributed by atoms with Gasteiger partial charge in [0.25, 0.3) is 10.1 Å². The van der Waals surface area contributed by atoms with Gasteiger partial charge < -0.3 is 4.74 Å². The van der Waals surface area contributed by atoms with Crippen LogP contribution >= 0.6 is 0 Å². The Morgan fingerprint density at radius 3 is 1.90 bits per heavy atom. The fraction of sp³-hybridized carbons (Fsp3) is 0.600. The lowest BCUT2D eigenvalue weighted by Gasteiger charge is -2.11. The number of benzene rings is 2. The molecule has 168 valence electrons. The molecule has 0 saturated carbocycles. The maximum absolute atomic E-state index is 11.7. The van der Waals surface area contributed by atoms with Crippen LogP contribution in [0.1, 0.15) is 89.5 Å². The summed E-state index contributed by atoms with van der Waals surface area (Å²) in [4.78, 5) is -0.0603. The average molecular weight is 435 g/mol. The second-order valence-corrected chi connectivity index (χ2v) is 9.65. The first-order chi connectivity index (χ1) is 14.5. The molecule has 5 heteroatoms. The zero-order valence-corrected chi connectivity index (χ0v) is 19.5. The maximum Gasteiger partial charge on any atom is 0.295 e. The molecule has 4 nitrogen and oxygen atoms in total.